The van der Waals surface area contributed by atoms with Crippen LogP contribution in [0.5, 0.6) is 11.5 Å². The maximum Gasteiger partial charge on any atom is 0.328 e. The lowest BCUT2D eigenvalue weighted by Crippen LogP contribution is -2.32. The van der Waals surface area contributed by atoms with E-state index < -0.39 is 5.60 Å². The van der Waals surface area contributed by atoms with E-state index in [9.17, 15) is 4.79 Å². The Balaban J connectivity index is 2.04. The summed E-state index contributed by atoms with van der Waals surface area (Å²) in [7, 11) is 0. The van der Waals surface area contributed by atoms with Crippen LogP contribution in [0.4, 0.5) is 5.69 Å². The lowest BCUT2D eigenvalue weighted by Gasteiger charge is -2.19. The molecule has 0 amide bonds. The molecule has 1 heterocycles. The summed E-state index contributed by atoms with van der Waals surface area (Å²) in [4.78, 5) is 16.1. The molecule has 0 saturated carbocycles. The number of nitrogens with zero attached hydrogens (tertiary/aromatic N) is 1. The van der Waals surface area contributed by atoms with Crippen LogP contribution in [0.25, 0.3) is 0 Å². The van der Waals surface area contributed by atoms with Gasteiger partial charge >= 0.3 is 5.97 Å². The lowest BCUT2D eigenvalue weighted by atomic mass is 10.2. The van der Waals surface area contributed by atoms with Crippen LogP contribution in [-0.2, 0) is 9.53 Å². The van der Waals surface area contributed by atoms with Gasteiger partial charge < -0.3 is 24.8 Å². The minimum absolute atomic E-state index is 0.0584. The van der Waals surface area contributed by atoms with E-state index in [4.69, 9.17) is 14.2 Å². The Kier molecular flexibility index (Phi) is 6.50. The standard InChI is InChI=1S/C18H27N3O4/c1-5-19-17(20-12-16(22)25-18(2,3)4)21-13-7-8-14-15(11-13)24-10-6-9-23-14/h7-8,11H,5-6,9-10,12H2,1-4H3,(H2,19,20,21). The first-order valence-electron chi connectivity index (χ1n) is 8.54. The Morgan fingerprint density at radius 2 is 1.96 bits per heavy atom. The topological polar surface area (TPSA) is 81.2 Å². The summed E-state index contributed by atoms with van der Waals surface area (Å²) in [5.74, 6) is 1.57. The van der Waals surface area contributed by atoms with Crippen molar-refractivity contribution < 1.29 is 19.0 Å². The Hall–Kier alpha value is -2.44. The molecule has 1 aliphatic heterocycles. The SMILES string of the molecule is CCNC(=NCC(=O)OC(C)(C)C)Nc1ccc2c(c1)OCCCO2. The van der Waals surface area contributed by atoms with Crippen LogP contribution in [0.15, 0.2) is 23.2 Å². The van der Waals surface area contributed by atoms with Crippen molar-refractivity contribution >= 4 is 17.6 Å². The van der Waals surface area contributed by atoms with Gasteiger partial charge in [-0.1, -0.05) is 0 Å². The highest BCUT2D eigenvalue weighted by Crippen LogP contribution is 2.32. The van der Waals surface area contributed by atoms with Gasteiger partial charge in [0.15, 0.2) is 17.5 Å². The number of guanidine groups is 1. The molecule has 0 saturated heterocycles. The first kappa shape index (κ1) is 18.9. The average molecular weight is 349 g/mol. The van der Waals surface area contributed by atoms with Gasteiger partial charge in [-0.15, -0.1) is 0 Å². The van der Waals surface area contributed by atoms with Crippen molar-refractivity contribution in [1.29, 1.82) is 0 Å². The van der Waals surface area contributed by atoms with Crippen molar-refractivity contribution in [1.82, 2.24) is 5.32 Å². The third-order valence-corrected chi connectivity index (χ3v) is 3.14. The second-order valence-electron chi connectivity index (χ2n) is 6.62. The van der Waals surface area contributed by atoms with Crippen LogP contribution in [0.3, 0.4) is 0 Å². The molecular weight excluding hydrogens is 322 g/mol. The van der Waals surface area contributed by atoms with E-state index in [2.05, 4.69) is 15.6 Å². The molecule has 1 aliphatic rings. The number of benzene rings is 1. The minimum atomic E-state index is -0.521. The highest BCUT2D eigenvalue weighted by Gasteiger charge is 2.16. The summed E-state index contributed by atoms with van der Waals surface area (Å²) >= 11 is 0. The van der Waals surface area contributed by atoms with E-state index in [0.29, 0.717) is 31.5 Å². The molecule has 0 fully saturated rings. The zero-order chi connectivity index (χ0) is 18.3. The number of esters is 1. The van der Waals surface area contributed by atoms with Gasteiger partial charge in [0.25, 0.3) is 0 Å². The van der Waals surface area contributed by atoms with Gasteiger partial charge in [-0.3, -0.25) is 4.79 Å². The molecule has 2 N–H and O–H groups in total. The lowest BCUT2D eigenvalue weighted by molar-refractivity contribution is -0.152. The number of carbonyl (C=O) groups is 1. The Labute approximate surface area is 148 Å². The third-order valence-electron chi connectivity index (χ3n) is 3.14. The van der Waals surface area contributed by atoms with Crippen molar-refractivity contribution in [3.05, 3.63) is 18.2 Å². The number of anilines is 1. The second kappa shape index (κ2) is 8.60. The van der Waals surface area contributed by atoms with Crippen LogP contribution in [0.1, 0.15) is 34.1 Å². The van der Waals surface area contributed by atoms with E-state index in [1.165, 1.54) is 0 Å². The van der Waals surface area contributed by atoms with Gasteiger partial charge in [0.05, 0.1) is 13.2 Å². The highest BCUT2D eigenvalue weighted by atomic mass is 16.6. The van der Waals surface area contributed by atoms with Gasteiger partial charge in [-0.05, 0) is 39.8 Å². The summed E-state index contributed by atoms with van der Waals surface area (Å²) in [5, 5.41) is 6.26. The molecule has 0 radical (unpaired) electrons. The first-order valence-corrected chi connectivity index (χ1v) is 8.54. The number of rotatable bonds is 4. The number of nitrogens with one attached hydrogen (secondary N) is 2. The molecule has 0 spiro atoms. The number of aliphatic imine (C=N–C) groups is 1. The van der Waals surface area contributed by atoms with Gasteiger partial charge in [0.1, 0.15) is 12.1 Å². The van der Waals surface area contributed by atoms with E-state index >= 15 is 0 Å². The Morgan fingerprint density at radius 1 is 1.24 bits per heavy atom. The molecule has 1 aromatic rings. The number of hydrogen-bond acceptors (Lipinski definition) is 5. The van der Waals surface area contributed by atoms with Crippen molar-refractivity contribution in [2.75, 3.05) is 31.6 Å². The summed E-state index contributed by atoms with van der Waals surface area (Å²) in [6.07, 6.45) is 0.859. The van der Waals surface area contributed by atoms with Gasteiger partial charge in [0.2, 0.25) is 0 Å². The maximum absolute atomic E-state index is 11.8. The molecule has 138 valence electrons. The summed E-state index contributed by atoms with van der Waals surface area (Å²) in [6.45, 7) is 9.34. The zero-order valence-corrected chi connectivity index (χ0v) is 15.3. The summed E-state index contributed by atoms with van der Waals surface area (Å²) in [5.41, 5.74) is 0.278. The van der Waals surface area contributed by atoms with Crippen molar-refractivity contribution in [2.24, 2.45) is 4.99 Å². The monoisotopic (exact) mass is 349 g/mol. The fourth-order valence-corrected chi connectivity index (χ4v) is 2.20. The minimum Gasteiger partial charge on any atom is -0.490 e. The molecule has 0 unspecified atom stereocenters. The van der Waals surface area contributed by atoms with Gasteiger partial charge in [0, 0.05) is 24.7 Å². The summed E-state index contributed by atoms with van der Waals surface area (Å²) < 4.78 is 16.6. The van der Waals surface area contributed by atoms with Crippen LogP contribution >= 0.6 is 0 Å². The first-order chi connectivity index (χ1) is 11.9. The molecule has 0 aliphatic carbocycles. The molecule has 7 heteroatoms. The predicted molar refractivity (Wildman–Crippen MR) is 97.5 cm³/mol. The number of ether oxygens (including phenoxy) is 3. The molecule has 25 heavy (non-hydrogen) atoms. The van der Waals surface area contributed by atoms with Crippen LogP contribution in [0.2, 0.25) is 0 Å². The van der Waals surface area contributed by atoms with E-state index in [-0.39, 0.29) is 12.5 Å². The smallest absolute Gasteiger partial charge is 0.328 e. The second-order valence-corrected chi connectivity index (χ2v) is 6.62. The third kappa shape index (κ3) is 6.52. The Morgan fingerprint density at radius 3 is 2.64 bits per heavy atom. The molecule has 0 bridgehead atoms. The van der Waals surface area contributed by atoms with Gasteiger partial charge in [-0.2, -0.15) is 0 Å². The maximum atomic E-state index is 11.8. The van der Waals surface area contributed by atoms with Crippen molar-refractivity contribution in [3.63, 3.8) is 0 Å². The molecule has 7 nitrogen and oxygen atoms in total. The molecule has 0 atom stereocenters. The van der Waals surface area contributed by atoms with E-state index in [1.54, 1.807) is 0 Å². The number of hydrogen-bond donors (Lipinski definition) is 2. The normalized spacial score (nSPS) is 14.5. The van der Waals surface area contributed by atoms with E-state index in [0.717, 1.165) is 17.9 Å². The fraction of sp³-hybridized carbons (Fsp3) is 0.556. The highest BCUT2D eigenvalue weighted by molar-refractivity contribution is 5.95. The largest absolute Gasteiger partial charge is 0.490 e. The van der Waals surface area contributed by atoms with Crippen LogP contribution < -0.4 is 20.1 Å². The quantitative estimate of drug-likeness (QED) is 0.494. The molecule has 1 aromatic carbocycles. The number of fused-ring (bicyclic) bond motifs is 1. The number of carbonyl (C=O) groups excluding carboxylic acids is 1. The Bertz CT molecular complexity index is 623. The van der Waals surface area contributed by atoms with E-state index in [1.807, 2.05) is 45.9 Å². The van der Waals surface area contributed by atoms with Crippen LogP contribution in [-0.4, -0.2) is 43.8 Å². The fourth-order valence-electron chi connectivity index (χ4n) is 2.20. The zero-order valence-electron chi connectivity index (χ0n) is 15.3. The molecular formula is C18H27N3O4. The molecule has 0 aromatic heterocycles. The van der Waals surface area contributed by atoms with Gasteiger partial charge in [-0.25, -0.2) is 4.99 Å². The predicted octanol–water partition coefficient (Wildman–Crippen LogP) is 2.57. The van der Waals surface area contributed by atoms with Crippen molar-refractivity contribution in [2.45, 2.75) is 39.7 Å². The summed E-state index contributed by atoms with van der Waals surface area (Å²) in [6, 6.07) is 5.61. The average Bonchev–Trinajstić information content (AvgIpc) is 2.76. The van der Waals surface area contributed by atoms with Crippen molar-refractivity contribution in [3.8, 4) is 11.5 Å². The van der Waals surface area contributed by atoms with Crippen LogP contribution in [0, 0.1) is 0 Å². The molecule has 2 rings (SSSR count).